The molecule has 7 heteroatoms. The van der Waals surface area contributed by atoms with Crippen molar-refractivity contribution in [2.75, 3.05) is 11.4 Å². The number of nitrogens with zero attached hydrogens (tertiary/aromatic N) is 1. The minimum absolute atomic E-state index is 0.0110. The Morgan fingerprint density at radius 2 is 1.91 bits per heavy atom. The molecule has 2 aromatic carbocycles. The molecular formula is C26H26F3NO3. The summed E-state index contributed by atoms with van der Waals surface area (Å²) in [6.45, 7) is 0.836. The van der Waals surface area contributed by atoms with Gasteiger partial charge >= 0.3 is 12.1 Å². The van der Waals surface area contributed by atoms with E-state index in [-0.39, 0.29) is 18.9 Å². The second-order valence-electron chi connectivity index (χ2n) is 9.18. The fourth-order valence-electron chi connectivity index (χ4n) is 5.51. The van der Waals surface area contributed by atoms with E-state index in [1.54, 1.807) is 12.1 Å². The van der Waals surface area contributed by atoms with Gasteiger partial charge in [-0.25, -0.2) is 0 Å². The number of rotatable bonds is 6. The van der Waals surface area contributed by atoms with E-state index in [2.05, 4.69) is 4.90 Å². The summed E-state index contributed by atoms with van der Waals surface area (Å²) in [5.41, 5.74) is 4.49. The lowest BCUT2D eigenvalue weighted by Gasteiger charge is -2.19. The highest BCUT2D eigenvalue weighted by molar-refractivity contribution is 5.74. The molecule has 1 fully saturated rings. The normalized spacial score (nSPS) is 18.1. The highest BCUT2D eigenvalue weighted by Gasteiger charge is 2.36. The summed E-state index contributed by atoms with van der Waals surface area (Å²) in [5, 5.41) is 9.14. The number of aliphatic carboxylic acids is 1. The third-order valence-electron chi connectivity index (χ3n) is 7.06. The van der Waals surface area contributed by atoms with Gasteiger partial charge in [0, 0.05) is 24.4 Å². The van der Waals surface area contributed by atoms with Crippen molar-refractivity contribution in [1.82, 2.24) is 0 Å². The molecule has 0 atom stereocenters. The van der Waals surface area contributed by atoms with Crippen molar-refractivity contribution in [1.29, 1.82) is 0 Å². The summed E-state index contributed by atoms with van der Waals surface area (Å²) in [6, 6.07) is 10.3. The fourth-order valence-corrected chi connectivity index (χ4v) is 5.51. The molecule has 0 spiro atoms. The summed E-state index contributed by atoms with van der Waals surface area (Å²) in [7, 11) is 0. The van der Waals surface area contributed by atoms with Crippen LogP contribution in [-0.2, 0) is 24.0 Å². The van der Waals surface area contributed by atoms with Crippen LogP contribution in [0, 0.1) is 0 Å². The number of fused-ring (bicyclic) bond motifs is 3. The van der Waals surface area contributed by atoms with Crippen molar-refractivity contribution < 1.29 is 27.8 Å². The Hall–Kier alpha value is -2.96. The lowest BCUT2D eigenvalue weighted by Crippen LogP contribution is -2.13. The SMILES string of the molecule is O=C(O)CC1=C2Cc3cc(OCc4ccc(C5CCCC5)c(C(F)(F)F)c4)ccc3N2CC1. The van der Waals surface area contributed by atoms with E-state index in [1.807, 2.05) is 18.2 Å². The number of carbonyl (C=O) groups is 1. The van der Waals surface area contributed by atoms with Crippen LogP contribution in [-0.4, -0.2) is 17.6 Å². The lowest BCUT2D eigenvalue weighted by atomic mass is 9.91. The standard InChI is InChI=1S/C26H26F3NO3/c27-26(28,29)22-11-16(5-7-21(22)17-3-1-2-4-17)15-33-20-6-8-23-19(12-20)13-24-18(14-25(31)32)9-10-30(23)24/h5-8,11-12,17H,1-4,9-10,13-15H2,(H,31,32). The zero-order valence-electron chi connectivity index (χ0n) is 18.3. The molecule has 5 rings (SSSR count). The maximum absolute atomic E-state index is 13.7. The largest absolute Gasteiger partial charge is 0.489 e. The van der Waals surface area contributed by atoms with E-state index in [0.717, 1.165) is 61.2 Å². The molecule has 1 N–H and O–H groups in total. The monoisotopic (exact) mass is 457 g/mol. The van der Waals surface area contributed by atoms with E-state index >= 15 is 0 Å². The van der Waals surface area contributed by atoms with Gasteiger partial charge in [0.15, 0.2) is 0 Å². The number of ether oxygens (including phenoxy) is 1. The highest BCUT2D eigenvalue weighted by Crippen LogP contribution is 2.44. The fraction of sp³-hybridized carbons (Fsp3) is 0.423. The van der Waals surface area contributed by atoms with Gasteiger partial charge in [0.05, 0.1) is 12.0 Å². The molecule has 33 heavy (non-hydrogen) atoms. The molecule has 2 aromatic rings. The van der Waals surface area contributed by atoms with E-state index in [9.17, 15) is 18.0 Å². The zero-order chi connectivity index (χ0) is 23.2. The molecule has 0 amide bonds. The Morgan fingerprint density at radius 3 is 2.64 bits per heavy atom. The summed E-state index contributed by atoms with van der Waals surface area (Å²) in [4.78, 5) is 13.3. The number of halogens is 3. The molecule has 2 aliphatic heterocycles. The molecule has 2 heterocycles. The Kier molecular flexibility index (Phi) is 5.59. The predicted molar refractivity (Wildman–Crippen MR) is 118 cm³/mol. The predicted octanol–water partition coefficient (Wildman–Crippen LogP) is 6.44. The third-order valence-corrected chi connectivity index (χ3v) is 7.06. The van der Waals surface area contributed by atoms with E-state index < -0.39 is 17.7 Å². The summed E-state index contributed by atoms with van der Waals surface area (Å²) >= 11 is 0. The molecule has 174 valence electrons. The summed E-state index contributed by atoms with van der Waals surface area (Å²) in [6.07, 6.45) is 0.692. The van der Waals surface area contributed by atoms with Crippen LogP contribution in [0.15, 0.2) is 47.7 Å². The van der Waals surface area contributed by atoms with Gasteiger partial charge in [-0.15, -0.1) is 0 Å². The second kappa shape index (κ2) is 8.43. The van der Waals surface area contributed by atoms with Gasteiger partial charge in [-0.2, -0.15) is 13.2 Å². The van der Waals surface area contributed by atoms with Crippen LogP contribution < -0.4 is 9.64 Å². The van der Waals surface area contributed by atoms with Gasteiger partial charge in [0.25, 0.3) is 0 Å². The number of hydrogen-bond donors (Lipinski definition) is 1. The van der Waals surface area contributed by atoms with E-state index in [1.165, 1.54) is 6.07 Å². The molecule has 0 unspecified atom stereocenters. The van der Waals surface area contributed by atoms with Gasteiger partial charge in [-0.05, 0) is 71.7 Å². The maximum Gasteiger partial charge on any atom is 0.416 e. The Balaban J connectivity index is 1.32. The van der Waals surface area contributed by atoms with Crippen LogP contribution in [0.1, 0.15) is 66.7 Å². The molecule has 1 saturated carbocycles. The average Bonchev–Trinajstić information content (AvgIpc) is 3.49. The number of benzene rings is 2. The number of carboxylic acids is 1. The first-order valence-corrected chi connectivity index (χ1v) is 11.5. The Morgan fingerprint density at radius 1 is 1.12 bits per heavy atom. The number of anilines is 1. The summed E-state index contributed by atoms with van der Waals surface area (Å²) < 4.78 is 47.1. The second-order valence-corrected chi connectivity index (χ2v) is 9.18. The first kappa shape index (κ1) is 21.9. The first-order valence-electron chi connectivity index (χ1n) is 11.5. The Bertz CT molecular complexity index is 1120. The summed E-state index contributed by atoms with van der Waals surface area (Å²) in [5.74, 6) is -0.233. The Labute approximate surface area is 190 Å². The number of alkyl halides is 3. The molecule has 0 saturated heterocycles. The van der Waals surface area contributed by atoms with Gasteiger partial charge < -0.3 is 14.7 Å². The lowest BCUT2D eigenvalue weighted by molar-refractivity contribution is -0.138. The van der Waals surface area contributed by atoms with Crippen LogP contribution in [0.25, 0.3) is 0 Å². The van der Waals surface area contributed by atoms with Crippen LogP contribution in [0.3, 0.4) is 0 Å². The zero-order valence-corrected chi connectivity index (χ0v) is 18.3. The minimum atomic E-state index is -4.38. The average molecular weight is 457 g/mol. The molecule has 0 radical (unpaired) electrons. The number of allylic oxidation sites excluding steroid dienone is 1. The van der Waals surface area contributed by atoms with Gasteiger partial charge in [0.1, 0.15) is 12.4 Å². The quantitative estimate of drug-likeness (QED) is 0.543. The third kappa shape index (κ3) is 4.33. The van der Waals surface area contributed by atoms with Crippen molar-refractivity contribution in [2.45, 2.75) is 63.6 Å². The number of carboxylic acid groups (broad SMARTS) is 1. The molecular weight excluding hydrogens is 431 g/mol. The van der Waals surface area contributed by atoms with Crippen molar-refractivity contribution in [3.63, 3.8) is 0 Å². The van der Waals surface area contributed by atoms with Crippen LogP contribution >= 0.6 is 0 Å². The molecule has 3 aliphatic rings. The maximum atomic E-state index is 13.7. The molecule has 4 nitrogen and oxygen atoms in total. The van der Waals surface area contributed by atoms with Crippen LogP contribution in [0.5, 0.6) is 5.75 Å². The van der Waals surface area contributed by atoms with Crippen LogP contribution in [0.4, 0.5) is 18.9 Å². The van der Waals surface area contributed by atoms with Crippen molar-refractivity contribution in [3.8, 4) is 5.75 Å². The molecule has 0 bridgehead atoms. The molecule has 0 aromatic heterocycles. The van der Waals surface area contributed by atoms with Gasteiger partial charge in [-0.1, -0.05) is 25.0 Å². The number of hydrogen-bond acceptors (Lipinski definition) is 3. The first-order chi connectivity index (χ1) is 15.8. The topological polar surface area (TPSA) is 49.8 Å². The van der Waals surface area contributed by atoms with Crippen LogP contribution in [0.2, 0.25) is 0 Å². The highest BCUT2D eigenvalue weighted by atomic mass is 19.4. The van der Waals surface area contributed by atoms with Crippen molar-refractivity contribution in [2.24, 2.45) is 0 Å². The van der Waals surface area contributed by atoms with Gasteiger partial charge in [0.2, 0.25) is 0 Å². The smallest absolute Gasteiger partial charge is 0.416 e. The molecule has 1 aliphatic carbocycles. The minimum Gasteiger partial charge on any atom is -0.489 e. The van der Waals surface area contributed by atoms with Crippen molar-refractivity contribution in [3.05, 3.63) is 69.9 Å². The van der Waals surface area contributed by atoms with E-state index in [0.29, 0.717) is 23.3 Å². The van der Waals surface area contributed by atoms with Gasteiger partial charge in [-0.3, -0.25) is 4.79 Å². The van der Waals surface area contributed by atoms with E-state index in [4.69, 9.17) is 9.84 Å². The van der Waals surface area contributed by atoms with Crippen molar-refractivity contribution >= 4 is 11.7 Å².